The molecular formula is C86H75F9N18O5S. The molecule has 0 aliphatic heterocycles. The Hall–Kier alpha value is -13.8. The number of anilines is 3. The largest absolute Gasteiger partial charge is 0.478 e. The lowest BCUT2D eigenvalue weighted by molar-refractivity contribution is -0.138. The lowest BCUT2D eigenvalue weighted by Gasteiger charge is -2.15. The van der Waals surface area contributed by atoms with Crippen LogP contribution in [0.1, 0.15) is 98.6 Å². The smallest absolute Gasteiger partial charge is 0.416 e. The molecule has 6 aromatic carbocycles. The molecule has 15 rings (SSSR count). The summed E-state index contributed by atoms with van der Waals surface area (Å²) in [6.07, 6.45) is -2.89. The Kier molecular flexibility index (Phi) is 24.7. The summed E-state index contributed by atoms with van der Waals surface area (Å²) in [5.74, 6) is -0.580. The normalized spacial score (nSPS) is 12.6. The minimum atomic E-state index is -4.55. The van der Waals surface area contributed by atoms with Crippen molar-refractivity contribution in [1.29, 1.82) is 0 Å². The first-order chi connectivity index (χ1) is 56.8. The lowest BCUT2D eigenvalue weighted by atomic mass is 10.0. The van der Waals surface area contributed by atoms with Gasteiger partial charge in [0.25, 0.3) is 5.91 Å². The van der Waals surface area contributed by atoms with Crippen LogP contribution in [0.25, 0.3) is 84.9 Å². The number of nitrogens with zero attached hydrogens (tertiary/aromatic N) is 13. The number of benzene rings is 6. The fraction of sp³-hybridized carbons (Fsp3) is 0.174. The first-order valence-electron chi connectivity index (χ1n) is 36.9. The topological polar surface area (TPSA) is 281 Å². The summed E-state index contributed by atoms with van der Waals surface area (Å²) in [6, 6.07) is 58.1. The maximum absolute atomic E-state index is 13.7. The lowest BCUT2D eigenvalue weighted by Crippen LogP contribution is -2.31. The number of pyridine rings is 3. The van der Waals surface area contributed by atoms with E-state index in [0.717, 1.165) is 59.3 Å². The number of aromatic nitrogens is 12. The molecule has 608 valence electrons. The number of hydrogen-bond donors (Lipinski definition) is 6. The summed E-state index contributed by atoms with van der Waals surface area (Å²) >= 11 is 0. The molecule has 119 heavy (non-hydrogen) atoms. The predicted molar refractivity (Wildman–Crippen MR) is 435 cm³/mol. The standard InChI is InChI=1S/C31H30F3N7O.C28H25F3N6O2S.C27H20F3N5O2/c1-20(21-9-5-4-6-10-21)37-30-36-15-14-25(38-30)27-26(22-11-7-12-23(19-22)31(32,33)34)39-28-24(13-8-17-41(27)28)29(42)35-16-18-40(2)3;1-18(19-8-4-3-5-9-19)34-27-32-14-13-23(35-27)25-24(20-10-6-12-22(16-20)28(29,30)31)36-26-21(11-7-15-37(25)26)17-33-40(2,38)39;1-16(17-7-3-2-4-8-17)32-26-31-13-12-21(33-26)23-22(18-9-5-10-19(15-18)27(28,29)30)34-24-20(25(36)37)11-6-14-35(23)24/h4-15,17,19-20H,16,18H2,1-3H3,(H,35,42)(H,36,37,38);3-16,18,33H,17H2,1-2H3,(H,32,34,35);2-16H,1H3,(H,36,37)(H,31,32,33)/t20-;18-;16-/m000/s1. The van der Waals surface area contributed by atoms with Gasteiger partial charge in [-0.25, -0.2) is 62.8 Å². The van der Waals surface area contributed by atoms with Crippen molar-refractivity contribution < 1.29 is 62.6 Å². The molecular weight excluding hydrogens is 1570 g/mol. The number of amides is 1. The number of carbonyl (C=O) groups is 2. The van der Waals surface area contributed by atoms with E-state index in [1.807, 2.05) is 131 Å². The molecule has 9 aromatic heterocycles. The first-order valence-corrected chi connectivity index (χ1v) is 38.8. The third-order valence-corrected chi connectivity index (χ3v) is 19.6. The van der Waals surface area contributed by atoms with E-state index in [4.69, 9.17) is 15.0 Å². The molecule has 33 heteroatoms. The molecule has 23 nitrogen and oxygen atoms in total. The van der Waals surface area contributed by atoms with Crippen LogP contribution in [0, 0.1) is 0 Å². The van der Waals surface area contributed by atoms with Gasteiger partial charge in [-0.15, -0.1) is 0 Å². The molecule has 0 spiro atoms. The third kappa shape index (κ3) is 19.8. The number of nitrogens with one attached hydrogen (secondary N) is 5. The molecule has 0 saturated carbocycles. The van der Waals surface area contributed by atoms with Gasteiger partial charge in [-0.1, -0.05) is 133 Å². The van der Waals surface area contributed by atoms with E-state index >= 15 is 0 Å². The molecule has 0 aliphatic rings. The fourth-order valence-electron chi connectivity index (χ4n) is 13.0. The van der Waals surface area contributed by atoms with Crippen LogP contribution in [-0.4, -0.2) is 122 Å². The number of carboxylic acids is 1. The van der Waals surface area contributed by atoms with E-state index in [0.29, 0.717) is 87.5 Å². The molecule has 0 unspecified atom stereocenters. The van der Waals surface area contributed by atoms with Crippen molar-refractivity contribution in [1.82, 2.24) is 73.0 Å². The maximum atomic E-state index is 13.7. The van der Waals surface area contributed by atoms with Crippen molar-refractivity contribution in [2.45, 2.75) is 64.0 Å². The number of alkyl halides is 9. The quantitative estimate of drug-likeness (QED) is 0.0325. The van der Waals surface area contributed by atoms with E-state index in [-0.39, 0.29) is 75.6 Å². The van der Waals surface area contributed by atoms with Crippen LogP contribution in [-0.2, 0) is 35.1 Å². The van der Waals surface area contributed by atoms with Crippen molar-refractivity contribution in [2.75, 3.05) is 49.4 Å². The van der Waals surface area contributed by atoms with E-state index in [1.165, 1.54) is 47.0 Å². The summed E-state index contributed by atoms with van der Waals surface area (Å²) in [5.41, 5.74) is 5.91. The number of hydrogen-bond acceptors (Lipinski definition) is 17. The summed E-state index contributed by atoms with van der Waals surface area (Å²) < 4.78 is 153. The number of carboxylic acid groups (broad SMARTS) is 1. The summed E-state index contributed by atoms with van der Waals surface area (Å²) in [6.45, 7) is 6.91. The second-order valence-corrected chi connectivity index (χ2v) is 29.5. The number of fused-ring (bicyclic) bond motifs is 3. The van der Waals surface area contributed by atoms with Gasteiger partial charge >= 0.3 is 24.5 Å². The van der Waals surface area contributed by atoms with E-state index in [9.17, 15) is 62.6 Å². The molecule has 0 aliphatic carbocycles. The Bertz CT molecular complexity index is 6270. The van der Waals surface area contributed by atoms with E-state index in [1.54, 1.807) is 94.4 Å². The number of rotatable bonds is 23. The van der Waals surface area contributed by atoms with Crippen LogP contribution in [0.5, 0.6) is 0 Å². The molecule has 3 atom stereocenters. The third-order valence-electron chi connectivity index (χ3n) is 18.9. The van der Waals surface area contributed by atoms with Crippen molar-refractivity contribution in [3.8, 4) is 67.9 Å². The monoisotopic (exact) mass is 1640 g/mol. The van der Waals surface area contributed by atoms with Crippen molar-refractivity contribution in [3.05, 3.63) is 306 Å². The molecule has 0 bridgehead atoms. The zero-order valence-electron chi connectivity index (χ0n) is 64.3. The predicted octanol–water partition coefficient (Wildman–Crippen LogP) is 18.0. The van der Waals surface area contributed by atoms with Crippen molar-refractivity contribution >= 4 is 56.7 Å². The molecule has 0 fully saturated rings. The number of sulfonamides is 1. The molecule has 1 amide bonds. The summed E-state index contributed by atoms with van der Waals surface area (Å²) in [7, 11) is 0.305. The van der Waals surface area contributed by atoms with Gasteiger partial charge in [-0.2, -0.15) is 39.5 Å². The van der Waals surface area contributed by atoms with Gasteiger partial charge in [0, 0.05) is 79.1 Å². The average molecular weight is 1640 g/mol. The number of halogens is 9. The second kappa shape index (κ2) is 35.3. The van der Waals surface area contributed by atoms with Gasteiger partial charge in [0.05, 0.1) is 97.9 Å². The van der Waals surface area contributed by atoms with Crippen LogP contribution in [0.15, 0.2) is 256 Å². The molecule has 9 heterocycles. The van der Waals surface area contributed by atoms with Crippen molar-refractivity contribution in [3.63, 3.8) is 0 Å². The number of likely N-dealkylation sites (N-methyl/N-ethyl adjacent to an activating group) is 1. The van der Waals surface area contributed by atoms with Crippen LogP contribution in [0.3, 0.4) is 0 Å². The zero-order valence-corrected chi connectivity index (χ0v) is 65.1. The highest BCUT2D eigenvalue weighted by Crippen LogP contribution is 2.42. The van der Waals surface area contributed by atoms with Gasteiger partial charge in [-0.3, -0.25) is 18.0 Å². The van der Waals surface area contributed by atoms with Crippen molar-refractivity contribution in [2.24, 2.45) is 0 Å². The summed E-state index contributed by atoms with van der Waals surface area (Å²) in [4.78, 5) is 67.9. The highest BCUT2D eigenvalue weighted by Gasteiger charge is 2.35. The molecule has 6 N–H and O–H groups in total. The van der Waals surface area contributed by atoms with Crippen LogP contribution < -0.4 is 26.0 Å². The fourth-order valence-corrected chi connectivity index (χ4v) is 13.5. The van der Waals surface area contributed by atoms with Gasteiger partial charge in [-0.05, 0) is 136 Å². The Morgan fingerprint density at radius 2 is 0.782 bits per heavy atom. The number of imidazole rings is 3. The van der Waals surface area contributed by atoms with Crippen LogP contribution in [0.2, 0.25) is 0 Å². The Balaban J connectivity index is 0.000000155. The zero-order chi connectivity index (χ0) is 84.5. The average Bonchev–Trinajstić information content (AvgIpc) is 1.62. The maximum Gasteiger partial charge on any atom is 0.416 e. The summed E-state index contributed by atoms with van der Waals surface area (Å²) in [5, 5.41) is 22.4. The number of aromatic carboxylic acids is 1. The molecule has 15 aromatic rings. The van der Waals surface area contributed by atoms with E-state index < -0.39 is 51.2 Å². The Morgan fingerprint density at radius 1 is 0.437 bits per heavy atom. The first kappa shape index (κ1) is 83.2. The highest BCUT2D eigenvalue weighted by molar-refractivity contribution is 7.88. The highest BCUT2D eigenvalue weighted by atomic mass is 32.2. The van der Waals surface area contributed by atoms with Crippen LogP contribution >= 0.6 is 0 Å². The number of carbonyl (C=O) groups excluding carboxylic acids is 1. The van der Waals surface area contributed by atoms with Crippen LogP contribution in [0.4, 0.5) is 57.4 Å². The van der Waals surface area contributed by atoms with Gasteiger partial charge in [0.15, 0.2) is 11.3 Å². The molecule has 0 radical (unpaired) electrons. The van der Waals surface area contributed by atoms with Gasteiger partial charge < -0.3 is 31.3 Å². The minimum Gasteiger partial charge on any atom is -0.478 e. The van der Waals surface area contributed by atoms with Gasteiger partial charge in [0.2, 0.25) is 27.9 Å². The SMILES string of the molecule is C[C@H](Nc1nccc(-c2c(-c3cccc(C(F)(F)F)c3)nc3c(C(=O)NCCN(C)C)cccn23)n1)c1ccccc1.C[C@H](Nc1nccc(-c2c(-c3cccc(C(F)(F)F)c3)nc3c(C(=O)O)cccn23)n1)c1ccccc1.C[C@H](Nc1nccc(-c2c(-c3cccc(C(F)(F)F)c3)nc3c(CNS(C)(=O)=O)cccn23)n1)c1ccccc1. The van der Waals surface area contributed by atoms with E-state index in [2.05, 4.69) is 55.9 Å². The minimum absolute atomic E-state index is 0.0488. The second-order valence-electron chi connectivity index (χ2n) is 27.7. The Labute approximate surface area is 675 Å². The Morgan fingerprint density at radius 3 is 1.13 bits per heavy atom. The molecule has 0 saturated heterocycles. The van der Waals surface area contributed by atoms with Gasteiger partial charge in [0.1, 0.15) is 11.2 Å².